The summed E-state index contributed by atoms with van der Waals surface area (Å²) in [5.41, 5.74) is 12.3. The number of aliphatic hydroxyl groups is 1. The summed E-state index contributed by atoms with van der Waals surface area (Å²) in [7, 11) is 0. The van der Waals surface area contributed by atoms with Crippen molar-refractivity contribution < 1.29 is 9.90 Å². The smallest absolute Gasteiger partial charge is 0.250 e. The number of carbonyl (C=O) groups is 1. The monoisotopic (exact) mass is 269 g/mol. The number of carbonyl (C=O) groups excluding carboxylic acids is 1. The van der Waals surface area contributed by atoms with Gasteiger partial charge in [0.05, 0.1) is 28.9 Å². The lowest BCUT2D eigenvalue weighted by atomic mass is 10.1. The second-order valence-electron chi connectivity index (χ2n) is 4.44. The Morgan fingerprint density at radius 1 is 1.56 bits per heavy atom. The first-order valence-electron chi connectivity index (χ1n) is 5.81. The molecule has 18 heavy (non-hydrogen) atoms. The molecule has 1 heterocycles. The van der Waals surface area contributed by atoms with Gasteiger partial charge in [0.15, 0.2) is 0 Å². The molecule has 1 amide bonds. The van der Waals surface area contributed by atoms with E-state index in [1.807, 2.05) is 4.90 Å². The summed E-state index contributed by atoms with van der Waals surface area (Å²) in [6.07, 6.45) is 1.82. The van der Waals surface area contributed by atoms with Crippen LogP contribution in [0.1, 0.15) is 23.2 Å². The number of primary amides is 1. The van der Waals surface area contributed by atoms with E-state index in [2.05, 4.69) is 0 Å². The number of hydrogen-bond donors (Lipinski definition) is 3. The molecular weight excluding hydrogens is 254 g/mol. The van der Waals surface area contributed by atoms with Gasteiger partial charge in [-0.1, -0.05) is 11.6 Å². The van der Waals surface area contributed by atoms with Crippen molar-refractivity contribution in [3.63, 3.8) is 0 Å². The number of anilines is 2. The molecule has 0 aromatic heterocycles. The van der Waals surface area contributed by atoms with Gasteiger partial charge >= 0.3 is 0 Å². The molecule has 5 N–H and O–H groups in total. The van der Waals surface area contributed by atoms with E-state index < -0.39 is 5.91 Å². The van der Waals surface area contributed by atoms with Crippen LogP contribution < -0.4 is 16.4 Å². The maximum atomic E-state index is 11.5. The van der Waals surface area contributed by atoms with Crippen LogP contribution in [0.3, 0.4) is 0 Å². The Bertz CT molecular complexity index is 479. The first kappa shape index (κ1) is 13.0. The molecule has 0 spiro atoms. The molecule has 98 valence electrons. The van der Waals surface area contributed by atoms with Gasteiger partial charge < -0.3 is 21.5 Å². The third-order valence-electron chi connectivity index (χ3n) is 3.23. The summed E-state index contributed by atoms with van der Waals surface area (Å²) < 4.78 is 0. The van der Waals surface area contributed by atoms with Crippen LogP contribution >= 0.6 is 11.6 Å². The number of aliphatic hydroxyl groups excluding tert-OH is 1. The number of hydrogen-bond acceptors (Lipinski definition) is 4. The number of halogens is 1. The van der Waals surface area contributed by atoms with Crippen LogP contribution in [0.15, 0.2) is 12.1 Å². The molecule has 0 aliphatic carbocycles. The number of rotatable bonds is 3. The van der Waals surface area contributed by atoms with Crippen molar-refractivity contribution in [3.8, 4) is 0 Å². The van der Waals surface area contributed by atoms with Crippen molar-refractivity contribution in [1.29, 1.82) is 0 Å². The Balaban J connectivity index is 2.52. The van der Waals surface area contributed by atoms with Crippen molar-refractivity contribution in [2.45, 2.75) is 18.9 Å². The summed E-state index contributed by atoms with van der Waals surface area (Å²) in [6.45, 7) is 0.772. The van der Waals surface area contributed by atoms with Gasteiger partial charge in [-0.05, 0) is 25.0 Å². The summed E-state index contributed by atoms with van der Waals surface area (Å²) in [6, 6.07) is 3.09. The van der Waals surface area contributed by atoms with Gasteiger partial charge in [-0.15, -0.1) is 0 Å². The van der Waals surface area contributed by atoms with Crippen LogP contribution in [-0.4, -0.2) is 30.2 Å². The maximum absolute atomic E-state index is 11.5. The number of nitrogens with two attached hydrogens (primary N) is 2. The van der Waals surface area contributed by atoms with Gasteiger partial charge in [-0.3, -0.25) is 4.79 Å². The molecule has 1 aliphatic heterocycles. The Morgan fingerprint density at radius 3 is 2.89 bits per heavy atom. The fraction of sp³-hybridized carbons (Fsp3) is 0.417. The fourth-order valence-corrected chi connectivity index (χ4v) is 2.76. The van der Waals surface area contributed by atoms with Gasteiger partial charge in [0.25, 0.3) is 5.91 Å². The second-order valence-corrected chi connectivity index (χ2v) is 4.84. The van der Waals surface area contributed by atoms with E-state index in [4.69, 9.17) is 23.1 Å². The highest BCUT2D eigenvalue weighted by Crippen LogP contribution is 2.36. The lowest BCUT2D eigenvalue weighted by Crippen LogP contribution is -2.34. The third kappa shape index (κ3) is 2.23. The Kier molecular flexibility index (Phi) is 3.63. The quantitative estimate of drug-likeness (QED) is 0.713. The SMILES string of the molecule is NC(=O)c1cc(N)cc(Cl)c1N1CCCC1CO. The molecule has 1 atom stereocenters. The molecule has 0 radical (unpaired) electrons. The van der Waals surface area contributed by atoms with Crippen molar-refractivity contribution in [3.05, 3.63) is 22.7 Å². The van der Waals surface area contributed by atoms with Crippen molar-refractivity contribution in [2.24, 2.45) is 5.73 Å². The highest BCUT2D eigenvalue weighted by Gasteiger charge is 2.28. The zero-order valence-corrected chi connectivity index (χ0v) is 10.7. The van der Waals surface area contributed by atoms with Crippen molar-refractivity contribution in [2.75, 3.05) is 23.8 Å². The summed E-state index contributed by atoms with van der Waals surface area (Å²) >= 11 is 6.17. The van der Waals surface area contributed by atoms with Gasteiger partial charge in [0.1, 0.15) is 0 Å². The maximum Gasteiger partial charge on any atom is 0.250 e. The van der Waals surface area contributed by atoms with E-state index in [1.165, 1.54) is 6.07 Å². The van der Waals surface area contributed by atoms with Crippen LogP contribution in [0, 0.1) is 0 Å². The molecule has 1 aliphatic rings. The summed E-state index contributed by atoms with van der Waals surface area (Å²) in [5.74, 6) is -0.567. The molecule has 2 rings (SSSR count). The van der Waals surface area contributed by atoms with Crippen LogP contribution in [0.5, 0.6) is 0 Å². The Morgan fingerprint density at radius 2 is 2.28 bits per heavy atom. The molecule has 1 fully saturated rings. The summed E-state index contributed by atoms with van der Waals surface area (Å²) in [4.78, 5) is 13.4. The molecule has 0 bridgehead atoms. The number of nitrogen functional groups attached to an aromatic ring is 1. The van der Waals surface area contributed by atoms with E-state index in [1.54, 1.807) is 6.07 Å². The molecule has 1 unspecified atom stereocenters. The molecule has 1 aromatic rings. The van der Waals surface area contributed by atoms with E-state index >= 15 is 0 Å². The lowest BCUT2D eigenvalue weighted by molar-refractivity contribution is 0.100. The third-order valence-corrected chi connectivity index (χ3v) is 3.51. The molecule has 1 aromatic carbocycles. The highest BCUT2D eigenvalue weighted by molar-refractivity contribution is 6.34. The predicted molar refractivity (Wildman–Crippen MR) is 71.8 cm³/mol. The van der Waals surface area contributed by atoms with Crippen LogP contribution in [0.4, 0.5) is 11.4 Å². The largest absolute Gasteiger partial charge is 0.399 e. The Hall–Kier alpha value is -1.46. The second kappa shape index (κ2) is 5.04. The van der Waals surface area contributed by atoms with E-state index in [0.29, 0.717) is 22.0 Å². The zero-order chi connectivity index (χ0) is 13.3. The predicted octanol–water partition coefficient (Wildman–Crippen LogP) is 0.982. The molecule has 5 nitrogen and oxygen atoms in total. The van der Waals surface area contributed by atoms with Crippen LogP contribution in [0.2, 0.25) is 5.02 Å². The van der Waals surface area contributed by atoms with Gasteiger partial charge in [-0.25, -0.2) is 0 Å². The minimum atomic E-state index is -0.567. The van der Waals surface area contributed by atoms with E-state index in [0.717, 1.165) is 19.4 Å². The Labute approximate surface area is 110 Å². The first-order chi connectivity index (χ1) is 8.54. The molecule has 0 saturated carbocycles. The van der Waals surface area contributed by atoms with Gasteiger partial charge in [0, 0.05) is 12.2 Å². The standard InChI is InChI=1S/C12H16ClN3O2/c13-10-5-7(14)4-9(12(15)18)11(10)16-3-1-2-8(16)6-17/h4-5,8,17H,1-3,6,14H2,(H2,15,18). The number of amides is 1. The zero-order valence-electron chi connectivity index (χ0n) is 9.90. The summed E-state index contributed by atoms with van der Waals surface area (Å²) in [5, 5.41) is 9.74. The van der Waals surface area contributed by atoms with E-state index in [9.17, 15) is 9.90 Å². The minimum absolute atomic E-state index is 0.0239. The normalized spacial score (nSPS) is 19.2. The van der Waals surface area contributed by atoms with Crippen LogP contribution in [0.25, 0.3) is 0 Å². The lowest BCUT2D eigenvalue weighted by Gasteiger charge is -2.28. The molecule has 6 heteroatoms. The minimum Gasteiger partial charge on any atom is -0.399 e. The first-order valence-corrected chi connectivity index (χ1v) is 6.18. The van der Waals surface area contributed by atoms with Crippen molar-refractivity contribution >= 4 is 28.9 Å². The molecule has 1 saturated heterocycles. The average molecular weight is 270 g/mol. The number of nitrogens with zero attached hydrogens (tertiary/aromatic N) is 1. The van der Waals surface area contributed by atoms with Crippen molar-refractivity contribution in [1.82, 2.24) is 0 Å². The fourth-order valence-electron chi connectivity index (χ4n) is 2.42. The average Bonchev–Trinajstić information content (AvgIpc) is 2.75. The van der Waals surface area contributed by atoms with Gasteiger partial charge in [0.2, 0.25) is 0 Å². The van der Waals surface area contributed by atoms with Gasteiger partial charge in [-0.2, -0.15) is 0 Å². The van der Waals surface area contributed by atoms with E-state index in [-0.39, 0.29) is 12.6 Å². The number of benzene rings is 1. The topological polar surface area (TPSA) is 92.6 Å². The van der Waals surface area contributed by atoms with Crippen LogP contribution in [-0.2, 0) is 0 Å². The highest BCUT2D eigenvalue weighted by atomic mass is 35.5. The molecular formula is C12H16ClN3O2.